The van der Waals surface area contributed by atoms with Gasteiger partial charge >= 0.3 is 0 Å². The Labute approximate surface area is 190 Å². The van der Waals surface area contributed by atoms with E-state index in [0.717, 1.165) is 25.0 Å². The van der Waals surface area contributed by atoms with Crippen molar-refractivity contribution in [1.82, 2.24) is 29.7 Å². The molecule has 3 aromatic heterocycles. The lowest BCUT2D eigenvalue weighted by Crippen LogP contribution is -2.30. The Morgan fingerprint density at radius 1 is 1.30 bits per heavy atom. The normalized spacial score (nSPS) is 14.2. The van der Waals surface area contributed by atoms with Crippen LogP contribution in [0.3, 0.4) is 0 Å². The lowest BCUT2D eigenvalue weighted by molar-refractivity contribution is 0.604. The van der Waals surface area contributed by atoms with Crippen LogP contribution in [0.1, 0.15) is 30.3 Å². The fourth-order valence-electron chi connectivity index (χ4n) is 3.73. The lowest BCUT2D eigenvalue weighted by Gasteiger charge is -2.23. The zero-order valence-corrected chi connectivity index (χ0v) is 17.6. The number of aromatic nitrogens is 6. The third-order valence-corrected chi connectivity index (χ3v) is 5.66. The van der Waals surface area contributed by atoms with Gasteiger partial charge < -0.3 is 16.8 Å². The summed E-state index contributed by atoms with van der Waals surface area (Å²) in [4.78, 5) is 26.1. The molecule has 1 fully saturated rings. The number of aromatic amines is 1. The van der Waals surface area contributed by atoms with Crippen molar-refractivity contribution in [2.24, 2.45) is 5.92 Å². The highest BCUT2D eigenvalue weighted by molar-refractivity contribution is 6.35. The minimum Gasteiger partial charge on any atom is -0.382 e. The lowest BCUT2D eigenvalue weighted by atomic mass is 10.1. The summed E-state index contributed by atoms with van der Waals surface area (Å²) in [6.07, 6.45) is 3.15. The van der Waals surface area contributed by atoms with Crippen molar-refractivity contribution in [3.05, 3.63) is 57.0 Å². The Hall–Kier alpha value is -4.24. The average molecular weight is 467 g/mol. The maximum absolute atomic E-state index is 14.0. The van der Waals surface area contributed by atoms with Gasteiger partial charge in [0.05, 0.1) is 28.2 Å². The largest absolute Gasteiger partial charge is 0.382 e. The van der Waals surface area contributed by atoms with Gasteiger partial charge in [-0.25, -0.2) is 13.9 Å². The fraction of sp³-hybridized carbons (Fsp3) is 0.200. The number of H-pyrrole nitrogens is 1. The van der Waals surface area contributed by atoms with Gasteiger partial charge in [-0.15, -0.1) is 0 Å². The fourth-order valence-corrected chi connectivity index (χ4v) is 3.98. The predicted molar refractivity (Wildman–Crippen MR) is 119 cm³/mol. The quantitative estimate of drug-likeness (QED) is 0.343. The molecule has 33 heavy (non-hydrogen) atoms. The Morgan fingerprint density at radius 3 is 2.76 bits per heavy atom. The Kier molecular flexibility index (Phi) is 4.83. The number of nitrogens with two attached hydrogens (primary N) is 2. The molecule has 166 valence electrons. The van der Waals surface area contributed by atoms with Crippen LogP contribution in [-0.2, 0) is 0 Å². The highest BCUT2D eigenvalue weighted by Gasteiger charge is 2.37. The molecule has 1 aromatic carbocycles. The minimum absolute atomic E-state index is 0.00268. The second-order valence-electron chi connectivity index (χ2n) is 7.60. The monoisotopic (exact) mass is 466 g/mol. The molecule has 0 amide bonds. The summed E-state index contributed by atoms with van der Waals surface area (Å²) in [5.74, 6) is -0.0380. The average Bonchev–Trinajstić information content (AvgIpc) is 3.46. The maximum atomic E-state index is 14.0. The summed E-state index contributed by atoms with van der Waals surface area (Å²) in [7, 11) is 0. The number of nitrogen functional groups attached to an aromatic ring is 2. The summed E-state index contributed by atoms with van der Waals surface area (Å²) in [5.41, 5.74) is 11.2. The molecule has 1 aliphatic carbocycles. The van der Waals surface area contributed by atoms with E-state index in [1.165, 1.54) is 10.8 Å². The zero-order valence-electron chi connectivity index (χ0n) is 16.9. The number of benzene rings is 1. The van der Waals surface area contributed by atoms with Gasteiger partial charge in [-0.3, -0.25) is 9.89 Å². The van der Waals surface area contributed by atoms with E-state index in [0.29, 0.717) is 5.82 Å². The van der Waals surface area contributed by atoms with E-state index in [9.17, 15) is 14.4 Å². The second kappa shape index (κ2) is 7.72. The van der Waals surface area contributed by atoms with Gasteiger partial charge in [0.25, 0.3) is 5.56 Å². The number of nitrogens with one attached hydrogen (secondary N) is 2. The van der Waals surface area contributed by atoms with E-state index in [4.69, 9.17) is 23.1 Å². The molecular formula is C20H16ClFN10O. The maximum Gasteiger partial charge on any atom is 0.267 e. The minimum atomic E-state index is -0.655. The van der Waals surface area contributed by atoms with Gasteiger partial charge in [0.1, 0.15) is 34.9 Å². The van der Waals surface area contributed by atoms with Crippen molar-refractivity contribution in [2.75, 3.05) is 16.8 Å². The molecule has 0 spiro atoms. The molecule has 3 heterocycles. The molecule has 4 aromatic rings. The van der Waals surface area contributed by atoms with E-state index >= 15 is 0 Å². The van der Waals surface area contributed by atoms with Gasteiger partial charge in [-0.2, -0.15) is 20.3 Å². The molecule has 0 bridgehead atoms. The van der Waals surface area contributed by atoms with Crippen molar-refractivity contribution < 1.29 is 4.39 Å². The van der Waals surface area contributed by atoms with Crippen LogP contribution >= 0.6 is 11.6 Å². The number of fused-ring (bicyclic) bond motifs is 1. The molecule has 1 saturated carbocycles. The molecule has 11 nitrogen and oxygen atoms in total. The molecule has 1 atom stereocenters. The van der Waals surface area contributed by atoms with E-state index in [2.05, 4.69) is 30.5 Å². The summed E-state index contributed by atoms with van der Waals surface area (Å²) in [5, 5.41) is 19.4. The van der Waals surface area contributed by atoms with Crippen molar-refractivity contribution in [1.29, 1.82) is 5.26 Å². The molecule has 0 saturated heterocycles. The van der Waals surface area contributed by atoms with Crippen LogP contribution in [0.15, 0.2) is 29.2 Å². The number of halogens is 2. The van der Waals surface area contributed by atoms with Crippen LogP contribution in [0.4, 0.5) is 22.0 Å². The molecule has 6 N–H and O–H groups in total. The highest BCUT2D eigenvalue weighted by atomic mass is 35.5. The number of hydrogen-bond donors (Lipinski definition) is 4. The molecule has 0 aliphatic heterocycles. The first-order valence-corrected chi connectivity index (χ1v) is 10.3. The molecule has 13 heteroatoms. The molecule has 0 radical (unpaired) electrons. The number of nitriles is 1. The molecule has 1 unspecified atom stereocenters. The van der Waals surface area contributed by atoms with E-state index in [-0.39, 0.29) is 50.8 Å². The smallest absolute Gasteiger partial charge is 0.267 e. The SMILES string of the molecule is N#Cc1c(N)nc(N)nc1NC(c1nc2c(Cl)cc(F)cc2c(=O)n1-c1ccn[nH]1)C1CC1. The van der Waals surface area contributed by atoms with Crippen LogP contribution in [0.5, 0.6) is 0 Å². The number of rotatable bonds is 5. The van der Waals surface area contributed by atoms with Crippen molar-refractivity contribution in [2.45, 2.75) is 18.9 Å². The van der Waals surface area contributed by atoms with Crippen LogP contribution in [-0.4, -0.2) is 29.7 Å². The van der Waals surface area contributed by atoms with Crippen molar-refractivity contribution in [3.63, 3.8) is 0 Å². The van der Waals surface area contributed by atoms with Crippen LogP contribution in [0.25, 0.3) is 16.7 Å². The third kappa shape index (κ3) is 3.58. The topological polar surface area (TPSA) is 177 Å². The van der Waals surface area contributed by atoms with E-state index in [1.54, 1.807) is 6.07 Å². The predicted octanol–water partition coefficient (Wildman–Crippen LogP) is 2.29. The second-order valence-corrected chi connectivity index (χ2v) is 8.01. The van der Waals surface area contributed by atoms with Gasteiger partial charge in [0, 0.05) is 6.07 Å². The Morgan fingerprint density at radius 2 is 2.09 bits per heavy atom. The highest BCUT2D eigenvalue weighted by Crippen LogP contribution is 2.43. The van der Waals surface area contributed by atoms with Crippen LogP contribution in [0, 0.1) is 23.1 Å². The molecular weight excluding hydrogens is 451 g/mol. The van der Waals surface area contributed by atoms with Gasteiger partial charge in [-0.05, 0) is 30.9 Å². The first kappa shape index (κ1) is 20.7. The summed E-state index contributed by atoms with van der Waals surface area (Å²) < 4.78 is 15.3. The number of anilines is 3. The summed E-state index contributed by atoms with van der Waals surface area (Å²) >= 11 is 6.24. The van der Waals surface area contributed by atoms with Gasteiger partial charge in [0.2, 0.25) is 5.95 Å². The molecule has 1 aliphatic rings. The Bertz CT molecular complexity index is 1490. The van der Waals surface area contributed by atoms with Gasteiger partial charge in [0.15, 0.2) is 5.82 Å². The van der Waals surface area contributed by atoms with E-state index in [1.807, 2.05) is 6.07 Å². The molecule has 5 rings (SSSR count). The van der Waals surface area contributed by atoms with Crippen LogP contribution < -0.4 is 22.3 Å². The van der Waals surface area contributed by atoms with Crippen LogP contribution in [0.2, 0.25) is 5.02 Å². The standard InChI is InChI=1S/C20H16ClFN10O/c21-12-6-9(22)5-10-15(12)28-18(32(19(10)33)13-3-4-26-31-13)14(8-1-2-8)27-17-11(7-23)16(24)29-20(25)30-17/h3-6,8,14H,1-2H2,(H,26,31)(H5,24,25,27,29,30). The van der Waals surface area contributed by atoms with Crippen molar-refractivity contribution in [3.8, 4) is 11.9 Å². The number of nitrogens with zero attached hydrogens (tertiary/aromatic N) is 6. The Balaban J connectivity index is 1.77. The van der Waals surface area contributed by atoms with E-state index < -0.39 is 17.4 Å². The number of hydrogen-bond acceptors (Lipinski definition) is 9. The first-order chi connectivity index (χ1) is 15.9. The van der Waals surface area contributed by atoms with Gasteiger partial charge in [-0.1, -0.05) is 11.6 Å². The zero-order chi connectivity index (χ0) is 23.3. The summed E-state index contributed by atoms with van der Waals surface area (Å²) in [6, 6.07) is 5.17. The third-order valence-electron chi connectivity index (χ3n) is 5.37. The first-order valence-electron chi connectivity index (χ1n) is 9.88. The van der Waals surface area contributed by atoms with Crippen molar-refractivity contribution >= 4 is 40.1 Å². The summed E-state index contributed by atoms with van der Waals surface area (Å²) in [6.45, 7) is 0.